The summed E-state index contributed by atoms with van der Waals surface area (Å²) < 4.78 is 24.2. The summed E-state index contributed by atoms with van der Waals surface area (Å²) in [6, 6.07) is 10.4. The van der Waals surface area contributed by atoms with E-state index in [2.05, 4.69) is 0 Å². The molecule has 0 aliphatic carbocycles. The maximum absolute atomic E-state index is 13.8. The maximum atomic E-state index is 13.8. The molecule has 0 heterocycles. The third kappa shape index (κ3) is 2.45. The monoisotopic (exact) mass is 246 g/mol. The van der Waals surface area contributed by atoms with Crippen molar-refractivity contribution in [2.45, 2.75) is 6.92 Å². The highest BCUT2D eigenvalue weighted by molar-refractivity contribution is 5.68. The van der Waals surface area contributed by atoms with Crippen LogP contribution in [-0.2, 0) is 0 Å². The molecule has 2 aromatic rings. The van der Waals surface area contributed by atoms with Crippen molar-refractivity contribution in [3.8, 4) is 22.6 Å². The van der Waals surface area contributed by atoms with Gasteiger partial charge in [-0.1, -0.05) is 11.6 Å². The lowest BCUT2D eigenvalue weighted by molar-refractivity contribution is 0.394. The van der Waals surface area contributed by atoms with Crippen molar-refractivity contribution in [2.75, 3.05) is 14.2 Å². The van der Waals surface area contributed by atoms with Gasteiger partial charge < -0.3 is 9.47 Å². The summed E-state index contributed by atoms with van der Waals surface area (Å²) in [6.07, 6.45) is 0. The first kappa shape index (κ1) is 12.4. The Morgan fingerprint density at radius 2 is 1.50 bits per heavy atom. The minimum absolute atomic E-state index is 0.254. The van der Waals surface area contributed by atoms with Crippen molar-refractivity contribution in [1.82, 2.24) is 0 Å². The SMILES string of the molecule is COc1cc(OC)cc(-c2cc(C)ccc2F)c1. The molecule has 0 aliphatic heterocycles. The first-order valence-electron chi connectivity index (χ1n) is 5.63. The normalized spacial score (nSPS) is 10.2. The molecule has 3 heteroatoms. The molecule has 0 saturated heterocycles. The first-order chi connectivity index (χ1) is 8.63. The Morgan fingerprint density at radius 1 is 0.889 bits per heavy atom. The zero-order valence-corrected chi connectivity index (χ0v) is 10.7. The van der Waals surface area contributed by atoms with Crippen LogP contribution in [0.25, 0.3) is 11.1 Å². The van der Waals surface area contributed by atoms with E-state index < -0.39 is 0 Å². The zero-order chi connectivity index (χ0) is 13.1. The predicted octanol–water partition coefficient (Wildman–Crippen LogP) is 3.82. The fourth-order valence-electron chi connectivity index (χ4n) is 1.82. The van der Waals surface area contributed by atoms with E-state index in [0.717, 1.165) is 11.1 Å². The van der Waals surface area contributed by atoms with Gasteiger partial charge in [-0.05, 0) is 36.8 Å². The summed E-state index contributed by atoms with van der Waals surface area (Å²) in [6.45, 7) is 1.93. The molecule has 0 saturated carbocycles. The van der Waals surface area contributed by atoms with Gasteiger partial charge in [0.1, 0.15) is 17.3 Å². The molecular formula is C15H15FO2. The molecule has 0 fully saturated rings. The summed E-state index contributed by atoms with van der Waals surface area (Å²) >= 11 is 0. The van der Waals surface area contributed by atoms with Crippen LogP contribution in [0.15, 0.2) is 36.4 Å². The summed E-state index contributed by atoms with van der Waals surface area (Å²) in [7, 11) is 3.15. The number of hydrogen-bond acceptors (Lipinski definition) is 2. The molecule has 0 atom stereocenters. The minimum atomic E-state index is -0.254. The van der Waals surface area contributed by atoms with Gasteiger partial charge in [-0.25, -0.2) is 4.39 Å². The first-order valence-corrected chi connectivity index (χ1v) is 5.63. The van der Waals surface area contributed by atoms with E-state index >= 15 is 0 Å². The van der Waals surface area contributed by atoms with E-state index in [1.54, 1.807) is 38.5 Å². The second-order valence-electron chi connectivity index (χ2n) is 4.08. The van der Waals surface area contributed by atoms with Gasteiger partial charge in [0.25, 0.3) is 0 Å². The van der Waals surface area contributed by atoms with Crippen molar-refractivity contribution in [3.63, 3.8) is 0 Å². The molecule has 2 nitrogen and oxygen atoms in total. The number of methoxy groups -OCH3 is 2. The standard InChI is InChI=1S/C15H15FO2/c1-10-4-5-15(16)14(6-10)11-7-12(17-2)9-13(8-11)18-3/h4-9H,1-3H3. The Morgan fingerprint density at radius 3 is 2.06 bits per heavy atom. The quantitative estimate of drug-likeness (QED) is 0.819. The fourth-order valence-corrected chi connectivity index (χ4v) is 1.82. The number of aryl methyl sites for hydroxylation is 1. The largest absolute Gasteiger partial charge is 0.497 e. The molecule has 0 spiro atoms. The van der Waals surface area contributed by atoms with E-state index in [9.17, 15) is 4.39 Å². The van der Waals surface area contributed by atoms with Gasteiger partial charge in [-0.15, -0.1) is 0 Å². The van der Waals surface area contributed by atoms with Crippen LogP contribution in [-0.4, -0.2) is 14.2 Å². The van der Waals surface area contributed by atoms with Crippen molar-refractivity contribution in [3.05, 3.63) is 47.8 Å². The Balaban J connectivity index is 2.58. The van der Waals surface area contributed by atoms with Crippen molar-refractivity contribution in [1.29, 1.82) is 0 Å². The van der Waals surface area contributed by atoms with E-state index in [1.165, 1.54) is 6.07 Å². The Kier molecular flexibility index (Phi) is 3.51. The Labute approximate surface area is 106 Å². The van der Waals surface area contributed by atoms with Crippen LogP contribution in [0.4, 0.5) is 4.39 Å². The second kappa shape index (κ2) is 5.08. The highest BCUT2D eigenvalue weighted by atomic mass is 19.1. The molecule has 2 rings (SSSR count). The molecular weight excluding hydrogens is 231 g/mol. The maximum Gasteiger partial charge on any atom is 0.131 e. The van der Waals surface area contributed by atoms with E-state index in [4.69, 9.17) is 9.47 Å². The van der Waals surface area contributed by atoms with Crippen LogP contribution in [0.1, 0.15) is 5.56 Å². The summed E-state index contributed by atoms with van der Waals surface area (Å²) in [5.74, 6) is 1.03. The molecule has 2 aromatic carbocycles. The average molecular weight is 246 g/mol. The molecule has 18 heavy (non-hydrogen) atoms. The third-order valence-electron chi connectivity index (χ3n) is 2.78. The van der Waals surface area contributed by atoms with E-state index in [1.807, 2.05) is 13.0 Å². The number of halogens is 1. The average Bonchev–Trinajstić information content (AvgIpc) is 2.40. The Hall–Kier alpha value is -2.03. The molecule has 0 amide bonds. The number of hydrogen-bond donors (Lipinski definition) is 0. The second-order valence-corrected chi connectivity index (χ2v) is 4.08. The van der Waals surface area contributed by atoms with Crippen LogP contribution >= 0.6 is 0 Å². The summed E-state index contributed by atoms with van der Waals surface area (Å²) in [5, 5.41) is 0. The zero-order valence-electron chi connectivity index (χ0n) is 10.7. The molecule has 0 bridgehead atoms. The third-order valence-corrected chi connectivity index (χ3v) is 2.78. The number of ether oxygens (including phenoxy) is 2. The number of rotatable bonds is 3. The smallest absolute Gasteiger partial charge is 0.131 e. The fraction of sp³-hybridized carbons (Fsp3) is 0.200. The molecule has 0 aliphatic rings. The van der Waals surface area contributed by atoms with Gasteiger partial charge in [-0.2, -0.15) is 0 Å². The van der Waals surface area contributed by atoms with Crippen molar-refractivity contribution in [2.24, 2.45) is 0 Å². The Bertz CT molecular complexity index is 542. The van der Waals surface area contributed by atoms with Crippen LogP contribution in [0.5, 0.6) is 11.5 Å². The van der Waals surface area contributed by atoms with Gasteiger partial charge in [0.15, 0.2) is 0 Å². The minimum Gasteiger partial charge on any atom is -0.497 e. The lowest BCUT2D eigenvalue weighted by Crippen LogP contribution is -1.91. The van der Waals surface area contributed by atoms with Crippen LogP contribution < -0.4 is 9.47 Å². The lowest BCUT2D eigenvalue weighted by Gasteiger charge is -2.10. The van der Waals surface area contributed by atoms with Gasteiger partial charge in [-0.3, -0.25) is 0 Å². The highest BCUT2D eigenvalue weighted by Gasteiger charge is 2.08. The van der Waals surface area contributed by atoms with Gasteiger partial charge in [0.05, 0.1) is 14.2 Å². The predicted molar refractivity (Wildman–Crippen MR) is 69.7 cm³/mol. The highest BCUT2D eigenvalue weighted by Crippen LogP contribution is 2.31. The molecule has 0 aromatic heterocycles. The number of benzene rings is 2. The molecule has 0 radical (unpaired) electrons. The summed E-state index contributed by atoms with van der Waals surface area (Å²) in [5.41, 5.74) is 2.30. The topological polar surface area (TPSA) is 18.5 Å². The summed E-state index contributed by atoms with van der Waals surface area (Å²) in [4.78, 5) is 0. The van der Waals surface area contributed by atoms with Crippen LogP contribution in [0.3, 0.4) is 0 Å². The van der Waals surface area contributed by atoms with Gasteiger partial charge in [0, 0.05) is 11.6 Å². The molecule has 0 unspecified atom stereocenters. The lowest BCUT2D eigenvalue weighted by atomic mass is 10.0. The van der Waals surface area contributed by atoms with Crippen LogP contribution in [0.2, 0.25) is 0 Å². The van der Waals surface area contributed by atoms with Gasteiger partial charge >= 0.3 is 0 Å². The van der Waals surface area contributed by atoms with Crippen molar-refractivity contribution < 1.29 is 13.9 Å². The van der Waals surface area contributed by atoms with E-state index in [-0.39, 0.29) is 5.82 Å². The van der Waals surface area contributed by atoms with Crippen LogP contribution in [0, 0.1) is 12.7 Å². The molecule has 94 valence electrons. The van der Waals surface area contributed by atoms with E-state index in [0.29, 0.717) is 17.1 Å². The molecule has 0 N–H and O–H groups in total. The van der Waals surface area contributed by atoms with Gasteiger partial charge in [0.2, 0.25) is 0 Å². The van der Waals surface area contributed by atoms with Crippen molar-refractivity contribution >= 4 is 0 Å².